The maximum atomic E-state index is 12.2. The van der Waals surface area contributed by atoms with Crippen LogP contribution in [-0.4, -0.2) is 37.1 Å². The molecule has 47 heavy (non-hydrogen) atoms. The molecule has 4 aromatic carbocycles. The molecule has 244 valence electrons. The molecule has 0 aliphatic carbocycles. The number of esters is 4. The monoisotopic (exact) mass is 640 g/mol. The normalized spacial score (nSPS) is 10.8. The van der Waals surface area contributed by atoms with Gasteiger partial charge in [0, 0.05) is 5.41 Å². The van der Waals surface area contributed by atoms with Crippen LogP contribution in [0, 0.1) is 5.41 Å². The predicted octanol–water partition coefficient (Wildman–Crippen LogP) is 5.74. The molecule has 0 amide bonds. The third-order valence-electron chi connectivity index (χ3n) is 6.60. The molecule has 0 aliphatic heterocycles. The summed E-state index contributed by atoms with van der Waals surface area (Å²) in [7, 11) is 0. The van der Waals surface area contributed by atoms with Crippen LogP contribution < -0.4 is 9.47 Å². The third-order valence-corrected chi connectivity index (χ3v) is 6.60. The van der Waals surface area contributed by atoms with Crippen LogP contribution in [0.2, 0.25) is 0 Å². The lowest BCUT2D eigenvalue weighted by molar-refractivity contribution is -0.174. The van der Waals surface area contributed by atoms with Crippen LogP contribution in [0.4, 0.5) is 0 Å². The Bertz CT molecular complexity index is 1480. The summed E-state index contributed by atoms with van der Waals surface area (Å²) < 4.78 is 31.7. The molecule has 0 aliphatic rings. The van der Waals surface area contributed by atoms with E-state index < -0.39 is 29.3 Å². The first kappa shape index (κ1) is 34.2. The molecule has 0 saturated heterocycles. The minimum Gasteiger partial charge on any atom is -0.489 e. The molecule has 0 spiro atoms. The zero-order valence-electron chi connectivity index (χ0n) is 26.2. The van der Waals surface area contributed by atoms with Gasteiger partial charge in [-0.1, -0.05) is 98.8 Å². The second kappa shape index (κ2) is 17.2. The Kier molecular flexibility index (Phi) is 12.5. The molecule has 10 nitrogen and oxygen atoms in total. The summed E-state index contributed by atoms with van der Waals surface area (Å²) in [5.74, 6) is -3.42. The number of hydrogen-bond donors (Lipinski definition) is 0. The van der Waals surface area contributed by atoms with Crippen LogP contribution in [-0.2, 0) is 64.6 Å². The van der Waals surface area contributed by atoms with Gasteiger partial charge in [-0.3, -0.25) is 0 Å². The molecule has 0 N–H and O–H groups in total. The highest BCUT2D eigenvalue weighted by molar-refractivity contribution is 6.30. The van der Waals surface area contributed by atoms with E-state index in [1.165, 1.54) is 0 Å². The van der Waals surface area contributed by atoms with E-state index in [0.29, 0.717) is 35.8 Å². The number of benzene rings is 4. The van der Waals surface area contributed by atoms with Crippen LogP contribution in [0.5, 0.6) is 11.5 Å². The molecule has 0 aromatic heterocycles. The molecule has 4 aromatic rings. The van der Waals surface area contributed by atoms with Crippen LogP contribution in [0.15, 0.2) is 109 Å². The van der Waals surface area contributed by atoms with Gasteiger partial charge in [0.15, 0.2) is 0 Å². The highest BCUT2D eigenvalue weighted by atomic mass is 16.6. The van der Waals surface area contributed by atoms with Crippen molar-refractivity contribution in [2.45, 2.75) is 40.3 Å². The van der Waals surface area contributed by atoms with E-state index in [4.69, 9.17) is 28.4 Å². The average molecular weight is 641 g/mol. The summed E-state index contributed by atoms with van der Waals surface area (Å²) in [4.78, 5) is 48.6. The lowest BCUT2D eigenvalue weighted by Crippen LogP contribution is -2.32. The van der Waals surface area contributed by atoms with Crippen LogP contribution in [0.1, 0.15) is 36.1 Å². The molecule has 0 fully saturated rings. The maximum absolute atomic E-state index is 12.2. The van der Waals surface area contributed by atoms with Crippen molar-refractivity contribution in [3.05, 3.63) is 131 Å². The lowest BCUT2D eigenvalue weighted by atomic mass is 9.96. The van der Waals surface area contributed by atoms with Gasteiger partial charge in [-0.15, -0.1) is 0 Å². The summed E-state index contributed by atoms with van der Waals surface area (Å²) in [6.07, 6.45) is 0. The molecule has 4 rings (SSSR count). The minimum atomic E-state index is -1.19. The van der Waals surface area contributed by atoms with E-state index in [1.54, 1.807) is 62.4 Å². The molecule has 0 heterocycles. The minimum absolute atomic E-state index is 0.137. The highest BCUT2D eigenvalue weighted by Gasteiger charge is 2.28. The third kappa shape index (κ3) is 12.0. The fourth-order valence-corrected chi connectivity index (χ4v) is 3.94. The molecule has 0 saturated carbocycles. The molecule has 0 bridgehead atoms. The second-order valence-electron chi connectivity index (χ2n) is 11.3. The smallest absolute Gasteiger partial charge is 0.417 e. The van der Waals surface area contributed by atoms with Crippen molar-refractivity contribution in [1.82, 2.24) is 0 Å². The van der Waals surface area contributed by atoms with Gasteiger partial charge >= 0.3 is 23.9 Å². The van der Waals surface area contributed by atoms with Gasteiger partial charge in [0.05, 0.1) is 0 Å². The number of carbonyl (C=O) groups excluding carboxylic acids is 4. The average Bonchev–Trinajstić information content (AvgIpc) is 3.10. The number of rotatable bonds is 14. The van der Waals surface area contributed by atoms with E-state index in [1.807, 2.05) is 60.7 Å². The Morgan fingerprint density at radius 1 is 0.426 bits per heavy atom. The second-order valence-corrected chi connectivity index (χ2v) is 11.3. The molecule has 10 heteroatoms. The lowest BCUT2D eigenvalue weighted by Gasteiger charge is -2.23. The van der Waals surface area contributed by atoms with Gasteiger partial charge in [-0.05, 0) is 46.5 Å². The van der Waals surface area contributed by atoms with Crippen LogP contribution >= 0.6 is 0 Å². The quantitative estimate of drug-likeness (QED) is 0.0957. The Hall–Kier alpha value is -5.64. The molecule has 0 unspecified atom stereocenters. The van der Waals surface area contributed by atoms with Gasteiger partial charge < -0.3 is 28.4 Å². The maximum Gasteiger partial charge on any atom is 0.417 e. The first-order valence-corrected chi connectivity index (χ1v) is 14.9. The first-order valence-electron chi connectivity index (χ1n) is 14.9. The van der Waals surface area contributed by atoms with Gasteiger partial charge in [0.25, 0.3) is 0 Å². The number of carbonyl (C=O) groups is 4. The Balaban J connectivity index is 1.10. The largest absolute Gasteiger partial charge is 0.489 e. The van der Waals surface area contributed by atoms with Crippen molar-refractivity contribution in [2.75, 3.05) is 13.2 Å². The van der Waals surface area contributed by atoms with Gasteiger partial charge in [0.2, 0.25) is 0 Å². The van der Waals surface area contributed by atoms with E-state index in [2.05, 4.69) is 0 Å². The summed E-state index contributed by atoms with van der Waals surface area (Å²) in [5.41, 5.74) is 2.47. The van der Waals surface area contributed by atoms with Crippen molar-refractivity contribution in [3.8, 4) is 11.5 Å². The fraction of sp³-hybridized carbons (Fsp3) is 0.243. The fourth-order valence-electron chi connectivity index (χ4n) is 3.94. The van der Waals surface area contributed by atoms with Crippen LogP contribution in [0.3, 0.4) is 0 Å². The van der Waals surface area contributed by atoms with Crippen molar-refractivity contribution in [1.29, 1.82) is 0 Å². The standard InChI is InChI=1S/C37H36O10/c1-37(2,25-46-35(40)33(38)44-23-29-13-17-31(18-14-29)42-21-27-9-5-3-6-10-27)26-47-36(41)34(39)45-24-30-15-19-32(20-16-30)43-22-28-11-7-4-8-12-28/h3-20H,21-26H2,1-2H3. The van der Waals surface area contributed by atoms with E-state index in [9.17, 15) is 19.2 Å². The van der Waals surface area contributed by atoms with Crippen molar-refractivity contribution in [3.63, 3.8) is 0 Å². The summed E-state index contributed by atoms with van der Waals surface area (Å²) >= 11 is 0. The van der Waals surface area contributed by atoms with Gasteiger partial charge in [-0.25, -0.2) is 19.2 Å². The predicted molar refractivity (Wildman–Crippen MR) is 170 cm³/mol. The van der Waals surface area contributed by atoms with Gasteiger partial charge in [0.1, 0.15) is 51.1 Å². The highest BCUT2D eigenvalue weighted by Crippen LogP contribution is 2.18. The van der Waals surface area contributed by atoms with E-state index >= 15 is 0 Å². The van der Waals surface area contributed by atoms with Gasteiger partial charge in [-0.2, -0.15) is 0 Å². The molecular weight excluding hydrogens is 604 g/mol. The Labute approximate surface area is 273 Å². The van der Waals surface area contributed by atoms with Crippen molar-refractivity contribution < 1.29 is 47.6 Å². The van der Waals surface area contributed by atoms with Crippen molar-refractivity contribution in [2.24, 2.45) is 5.41 Å². The first-order chi connectivity index (χ1) is 22.7. The van der Waals surface area contributed by atoms with E-state index in [-0.39, 0.29) is 26.4 Å². The van der Waals surface area contributed by atoms with Crippen LogP contribution in [0.25, 0.3) is 0 Å². The molecule has 0 radical (unpaired) electrons. The molecular formula is C37H36O10. The zero-order chi connectivity index (χ0) is 33.5. The van der Waals surface area contributed by atoms with Crippen molar-refractivity contribution >= 4 is 23.9 Å². The zero-order valence-corrected chi connectivity index (χ0v) is 26.2. The SMILES string of the molecule is CC(C)(COC(=O)C(=O)OCc1ccc(OCc2ccccc2)cc1)COC(=O)C(=O)OCc1ccc(OCc2ccccc2)cc1. The summed E-state index contributed by atoms with van der Waals surface area (Å²) in [5, 5.41) is 0. The Morgan fingerprint density at radius 3 is 1.11 bits per heavy atom. The topological polar surface area (TPSA) is 124 Å². The number of hydrogen-bond acceptors (Lipinski definition) is 10. The summed E-state index contributed by atoms with van der Waals surface area (Å²) in [6.45, 7) is 3.29. The number of ether oxygens (including phenoxy) is 6. The molecule has 0 atom stereocenters. The Morgan fingerprint density at radius 2 is 0.745 bits per heavy atom. The summed E-state index contributed by atoms with van der Waals surface area (Å²) in [6, 6.07) is 33.3. The van der Waals surface area contributed by atoms with E-state index in [0.717, 1.165) is 11.1 Å².